The minimum absolute atomic E-state index is 0. The Hall–Kier alpha value is -2.24. The van der Waals surface area contributed by atoms with E-state index in [2.05, 4.69) is 66.1 Å². The lowest BCUT2D eigenvalue weighted by molar-refractivity contribution is -0.133. The predicted octanol–water partition coefficient (Wildman–Crippen LogP) is 4.73. The average molecular weight is 458 g/mol. The van der Waals surface area contributed by atoms with E-state index in [0.717, 1.165) is 64.4 Å². The van der Waals surface area contributed by atoms with E-state index in [1.165, 1.54) is 16.8 Å². The van der Waals surface area contributed by atoms with E-state index in [4.69, 9.17) is 4.74 Å². The van der Waals surface area contributed by atoms with E-state index in [9.17, 15) is 4.79 Å². The molecule has 32 heavy (non-hydrogen) atoms. The molecule has 0 radical (unpaired) electrons. The molecule has 2 fully saturated rings. The Kier molecular flexibility index (Phi) is 8.83. The number of ether oxygens (including phenoxy) is 1. The molecule has 174 valence electrons. The zero-order valence-corrected chi connectivity index (χ0v) is 20.2. The number of carbonyl (C=O) groups is 1. The van der Waals surface area contributed by atoms with Crippen molar-refractivity contribution in [2.75, 3.05) is 37.6 Å². The maximum atomic E-state index is 12.1. The highest BCUT2D eigenvalue weighted by Crippen LogP contribution is 2.30. The lowest BCUT2D eigenvalue weighted by Crippen LogP contribution is -2.46. The number of para-hydroxylation sites is 2. The summed E-state index contributed by atoms with van der Waals surface area (Å²) in [5.74, 6) is 1.28. The van der Waals surface area contributed by atoms with E-state index < -0.39 is 0 Å². The van der Waals surface area contributed by atoms with Gasteiger partial charge in [0.1, 0.15) is 5.75 Å². The van der Waals surface area contributed by atoms with Crippen LogP contribution in [0.5, 0.6) is 5.75 Å². The Bertz CT molecular complexity index is 881. The van der Waals surface area contributed by atoms with Gasteiger partial charge in [0.05, 0.1) is 11.8 Å². The van der Waals surface area contributed by atoms with Gasteiger partial charge < -0.3 is 14.5 Å². The van der Waals surface area contributed by atoms with Crippen LogP contribution in [0.4, 0.5) is 5.69 Å². The van der Waals surface area contributed by atoms with Crippen molar-refractivity contribution >= 4 is 24.0 Å². The van der Waals surface area contributed by atoms with Crippen molar-refractivity contribution in [2.24, 2.45) is 0 Å². The molecule has 4 rings (SSSR count). The zero-order chi connectivity index (χ0) is 21.6. The van der Waals surface area contributed by atoms with Crippen LogP contribution >= 0.6 is 12.4 Å². The molecule has 2 aliphatic heterocycles. The number of nitrogens with zero attached hydrogens (tertiary/aromatic N) is 3. The highest BCUT2D eigenvalue weighted by molar-refractivity contribution is 5.85. The summed E-state index contributed by atoms with van der Waals surface area (Å²) in [4.78, 5) is 19.1. The summed E-state index contributed by atoms with van der Waals surface area (Å²) in [7, 11) is 0. The minimum Gasteiger partial charge on any atom is -0.489 e. The van der Waals surface area contributed by atoms with Crippen LogP contribution in [0, 0.1) is 0 Å². The number of rotatable bonds is 7. The summed E-state index contributed by atoms with van der Waals surface area (Å²) in [6.07, 6.45) is 3.04. The zero-order valence-electron chi connectivity index (χ0n) is 19.3. The van der Waals surface area contributed by atoms with E-state index >= 15 is 0 Å². The molecular weight excluding hydrogens is 422 g/mol. The third-order valence-corrected chi connectivity index (χ3v) is 6.13. The lowest BCUT2D eigenvalue weighted by atomic mass is 10.1. The van der Waals surface area contributed by atoms with Crippen molar-refractivity contribution in [3.8, 4) is 5.75 Å². The van der Waals surface area contributed by atoms with Gasteiger partial charge in [-0.25, -0.2) is 0 Å². The molecule has 0 N–H and O–H groups in total. The third-order valence-electron chi connectivity index (χ3n) is 6.13. The summed E-state index contributed by atoms with van der Waals surface area (Å²) in [6.45, 7) is 10.8. The predicted molar refractivity (Wildman–Crippen MR) is 133 cm³/mol. The van der Waals surface area contributed by atoms with E-state index in [-0.39, 0.29) is 18.5 Å². The first-order valence-corrected chi connectivity index (χ1v) is 11.7. The largest absolute Gasteiger partial charge is 0.489 e. The molecule has 0 atom stereocenters. The van der Waals surface area contributed by atoms with Crippen molar-refractivity contribution < 1.29 is 9.53 Å². The topological polar surface area (TPSA) is 36.0 Å². The van der Waals surface area contributed by atoms with Gasteiger partial charge in [0.25, 0.3) is 0 Å². The first-order valence-electron chi connectivity index (χ1n) is 11.7. The van der Waals surface area contributed by atoms with Gasteiger partial charge in [-0.1, -0.05) is 36.4 Å². The summed E-state index contributed by atoms with van der Waals surface area (Å²) in [5.41, 5.74) is 3.77. The average Bonchev–Trinajstić information content (AvgIpc) is 2.76. The van der Waals surface area contributed by atoms with Crippen LogP contribution in [0.1, 0.15) is 44.2 Å². The Balaban J connectivity index is 0.00000289. The van der Waals surface area contributed by atoms with Gasteiger partial charge >= 0.3 is 0 Å². The Morgan fingerprint density at radius 3 is 2.31 bits per heavy atom. The summed E-state index contributed by atoms with van der Waals surface area (Å²) >= 11 is 0. The number of hydrogen-bond acceptors (Lipinski definition) is 4. The van der Waals surface area contributed by atoms with Crippen LogP contribution in [0.3, 0.4) is 0 Å². The molecule has 0 unspecified atom stereocenters. The number of likely N-dealkylation sites (tertiary alicyclic amines) is 1. The van der Waals surface area contributed by atoms with Crippen molar-refractivity contribution in [2.45, 2.75) is 52.3 Å². The highest BCUT2D eigenvalue weighted by atomic mass is 35.5. The molecule has 0 aromatic heterocycles. The highest BCUT2D eigenvalue weighted by Gasteiger charge is 2.21. The number of hydrogen-bond donors (Lipinski definition) is 0. The number of benzene rings is 2. The van der Waals surface area contributed by atoms with E-state index in [1.807, 2.05) is 11.0 Å². The molecular formula is C26H36ClN3O2. The first-order chi connectivity index (χ1) is 15.1. The maximum Gasteiger partial charge on any atom is 0.222 e. The molecule has 0 bridgehead atoms. The smallest absolute Gasteiger partial charge is 0.222 e. The van der Waals surface area contributed by atoms with Crippen LogP contribution < -0.4 is 9.64 Å². The molecule has 2 aromatic carbocycles. The fourth-order valence-corrected chi connectivity index (χ4v) is 4.55. The number of carbonyl (C=O) groups excluding carboxylic acids is 1. The van der Waals surface area contributed by atoms with Crippen molar-refractivity contribution in [1.29, 1.82) is 0 Å². The molecule has 2 aliphatic rings. The standard InChI is InChI=1S/C26H35N3O2.ClH/c1-21(2)31-25-11-4-3-10-24(25)28-16-14-27(15-17-28)19-22-8-7-9-23(18-22)20-29-13-6-5-12-26(29)30;/h3-4,7-11,18,21H,5-6,12-17,19-20H2,1-2H3;1H. The van der Waals surface area contributed by atoms with Gasteiger partial charge in [-0.2, -0.15) is 0 Å². The van der Waals surface area contributed by atoms with Crippen LogP contribution in [0.25, 0.3) is 0 Å². The first kappa shape index (κ1) is 24.4. The van der Waals surface area contributed by atoms with Crippen molar-refractivity contribution in [3.05, 3.63) is 59.7 Å². The molecule has 6 heteroatoms. The van der Waals surface area contributed by atoms with Crippen LogP contribution in [-0.2, 0) is 17.9 Å². The molecule has 0 spiro atoms. The van der Waals surface area contributed by atoms with Crippen LogP contribution in [0.2, 0.25) is 0 Å². The monoisotopic (exact) mass is 457 g/mol. The van der Waals surface area contributed by atoms with Gasteiger partial charge in [0.2, 0.25) is 5.91 Å². The van der Waals surface area contributed by atoms with Gasteiger partial charge in [0.15, 0.2) is 0 Å². The molecule has 5 nitrogen and oxygen atoms in total. The summed E-state index contributed by atoms with van der Waals surface area (Å²) in [6, 6.07) is 17.1. The quantitative estimate of drug-likeness (QED) is 0.602. The minimum atomic E-state index is 0. The van der Waals surface area contributed by atoms with Gasteiger partial charge in [0, 0.05) is 52.2 Å². The Morgan fingerprint density at radius 1 is 0.875 bits per heavy atom. The van der Waals surface area contributed by atoms with Crippen LogP contribution in [0.15, 0.2) is 48.5 Å². The Labute approximate surface area is 198 Å². The maximum absolute atomic E-state index is 12.1. The van der Waals surface area contributed by atoms with E-state index in [0.29, 0.717) is 12.3 Å². The molecule has 0 saturated carbocycles. The van der Waals surface area contributed by atoms with Gasteiger partial charge in [-0.15, -0.1) is 12.4 Å². The molecule has 2 saturated heterocycles. The van der Waals surface area contributed by atoms with Gasteiger partial charge in [-0.3, -0.25) is 9.69 Å². The fourth-order valence-electron chi connectivity index (χ4n) is 4.55. The third kappa shape index (κ3) is 6.39. The number of halogens is 1. The summed E-state index contributed by atoms with van der Waals surface area (Å²) in [5, 5.41) is 0. The number of anilines is 1. The second kappa shape index (κ2) is 11.6. The number of piperazine rings is 1. The van der Waals surface area contributed by atoms with Gasteiger partial charge in [-0.05, 0) is 49.9 Å². The van der Waals surface area contributed by atoms with Crippen LogP contribution in [-0.4, -0.2) is 54.5 Å². The SMILES string of the molecule is CC(C)Oc1ccccc1N1CCN(Cc2cccc(CN3CCCCC3=O)c2)CC1.Cl. The second-order valence-corrected chi connectivity index (χ2v) is 8.99. The molecule has 2 aromatic rings. The fraction of sp³-hybridized carbons (Fsp3) is 0.500. The lowest BCUT2D eigenvalue weighted by Gasteiger charge is -2.37. The molecule has 1 amide bonds. The normalized spacial score (nSPS) is 17.4. The summed E-state index contributed by atoms with van der Waals surface area (Å²) < 4.78 is 6.02. The molecule has 2 heterocycles. The number of piperidine rings is 1. The van der Waals surface area contributed by atoms with E-state index in [1.54, 1.807) is 0 Å². The Morgan fingerprint density at radius 2 is 1.59 bits per heavy atom. The number of amides is 1. The second-order valence-electron chi connectivity index (χ2n) is 8.99. The van der Waals surface area contributed by atoms with Crippen molar-refractivity contribution in [3.63, 3.8) is 0 Å². The molecule has 0 aliphatic carbocycles. The van der Waals surface area contributed by atoms with Crippen molar-refractivity contribution in [1.82, 2.24) is 9.80 Å².